The molecular formula is C8H12NO. The summed E-state index contributed by atoms with van der Waals surface area (Å²) < 4.78 is 5.17. The summed E-state index contributed by atoms with van der Waals surface area (Å²) in [6.45, 7) is 3.56. The minimum atomic E-state index is 0.499. The monoisotopic (exact) mass is 138 g/mol. The summed E-state index contributed by atoms with van der Waals surface area (Å²) in [5.74, 6) is 1.46. The van der Waals surface area contributed by atoms with Crippen LogP contribution in [0.2, 0.25) is 0 Å². The van der Waals surface area contributed by atoms with Crippen LogP contribution >= 0.6 is 0 Å². The third-order valence-corrected chi connectivity index (χ3v) is 2.01. The number of ether oxygens (including phenoxy) is 1. The Labute approximate surface area is 61.8 Å². The summed E-state index contributed by atoms with van der Waals surface area (Å²) >= 11 is 0. The maximum absolute atomic E-state index is 8.56. The number of nitrogens with zero attached hydrogens (tertiary/aromatic N) is 1. The lowest BCUT2D eigenvalue weighted by molar-refractivity contribution is 0.0721. The van der Waals surface area contributed by atoms with Crippen LogP contribution in [0.4, 0.5) is 0 Å². The molecule has 1 rings (SSSR count). The Hall–Kier alpha value is -0.550. The second kappa shape index (κ2) is 3.58. The first-order valence-corrected chi connectivity index (χ1v) is 3.66. The van der Waals surface area contributed by atoms with Gasteiger partial charge in [0.2, 0.25) is 0 Å². The molecule has 0 aliphatic carbocycles. The normalized spacial score (nSPS) is 20.9. The first kappa shape index (κ1) is 7.56. The fourth-order valence-electron chi connectivity index (χ4n) is 1.22. The molecule has 0 aromatic carbocycles. The standard InChI is InChI=1S/C8H12NO/c1-7(6-9)8-2-4-10-5-3-8/h8H,2-5H2,1H3. The predicted octanol–water partition coefficient (Wildman–Crippen LogP) is 1.53. The van der Waals surface area contributed by atoms with Gasteiger partial charge in [-0.2, -0.15) is 5.26 Å². The van der Waals surface area contributed by atoms with Gasteiger partial charge >= 0.3 is 0 Å². The molecule has 1 saturated heterocycles. The lowest BCUT2D eigenvalue weighted by Gasteiger charge is -2.22. The minimum absolute atomic E-state index is 0.499. The van der Waals surface area contributed by atoms with E-state index < -0.39 is 0 Å². The highest BCUT2D eigenvalue weighted by atomic mass is 16.5. The number of hydrogen-bond donors (Lipinski definition) is 0. The summed E-state index contributed by atoms with van der Waals surface area (Å²) in [4.78, 5) is 0. The van der Waals surface area contributed by atoms with Crippen LogP contribution in [-0.2, 0) is 4.74 Å². The molecule has 0 N–H and O–H groups in total. The Kier molecular flexibility index (Phi) is 2.70. The van der Waals surface area contributed by atoms with Crippen molar-refractivity contribution < 1.29 is 4.74 Å². The summed E-state index contributed by atoms with van der Waals surface area (Å²) in [6.07, 6.45) is 2.05. The minimum Gasteiger partial charge on any atom is -0.381 e. The van der Waals surface area contributed by atoms with Crippen molar-refractivity contribution in [3.63, 3.8) is 0 Å². The summed E-state index contributed by atoms with van der Waals surface area (Å²) in [5.41, 5.74) is 0. The lowest BCUT2D eigenvalue weighted by Crippen LogP contribution is -2.19. The van der Waals surface area contributed by atoms with Crippen molar-refractivity contribution in [1.29, 1.82) is 5.26 Å². The van der Waals surface area contributed by atoms with E-state index in [1.54, 1.807) is 0 Å². The molecule has 0 spiro atoms. The van der Waals surface area contributed by atoms with Gasteiger partial charge in [-0.15, -0.1) is 0 Å². The van der Waals surface area contributed by atoms with Crippen molar-refractivity contribution >= 4 is 0 Å². The van der Waals surface area contributed by atoms with E-state index in [-0.39, 0.29) is 0 Å². The van der Waals surface area contributed by atoms with Gasteiger partial charge in [0, 0.05) is 13.2 Å². The Morgan fingerprint density at radius 2 is 2.10 bits per heavy atom. The van der Waals surface area contributed by atoms with Gasteiger partial charge in [0.15, 0.2) is 0 Å². The van der Waals surface area contributed by atoms with Gasteiger partial charge in [-0.3, -0.25) is 0 Å². The first-order valence-electron chi connectivity index (χ1n) is 3.66. The molecule has 0 atom stereocenters. The summed E-state index contributed by atoms with van der Waals surface area (Å²) in [5, 5.41) is 8.56. The molecule has 0 bridgehead atoms. The Bertz CT molecular complexity index is 133. The maximum atomic E-state index is 8.56. The van der Waals surface area contributed by atoms with Crippen LogP contribution in [0, 0.1) is 23.2 Å². The zero-order valence-corrected chi connectivity index (χ0v) is 6.26. The second-order valence-electron chi connectivity index (χ2n) is 2.68. The number of nitriles is 1. The van der Waals surface area contributed by atoms with Crippen molar-refractivity contribution in [2.75, 3.05) is 13.2 Å². The first-order chi connectivity index (χ1) is 4.84. The van der Waals surface area contributed by atoms with E-state index in [9.17, 15) is 0 Å². The van der Waals surface area contributed by atoms with E-state index >= 15 is 0 Å². The molecule has 1 fully saturated rings. The molecule has 0 amide bonds. The molecule has 1 aliphatic rings. The zero-order valence-electron chi connectivity index (χ0n) is 6.26. The van der Waals surface area contributed by atoms with Crippen LogP contribution < -0.4 is 0 Å². The van der Waals surface area contributed by atoms with Crippen molar-refractivity contribution in [2.24, 2.45) is 5.92 Å². The molecule has 10 heavy (non-hydrogen) atoms. The van der Waals surface area contributed by atoms with Crippen molar-refractivity contribution in [1.82, 2.24) is 0 Å². The summed E-state index contributed by atoms with van der Waals surface area (Å²) in [6, 6.07) is 2.20. The molecule has 1 heterocycles. The average molecular weight is 138 g/mol. The van der Waals surface area contributed by atoms with Crippen LogP contribution in [0.3, 0.4) is 0 Å². The molecule has 0 saturated carbocycles. The maximum Gasteiger partial charge on any atom is 0.0761 e. The zero-order chi connectivity index (χ0) is 7.40. The lowest BCUT2D eigenvalue weighted by atomic mass is 9.88. The van der Waals surface area contributed by atoms with E-state index in [4.69, 9.17) is 10.00 Å². The van der Waals surface area contributed by atoms with Gasteiger partial charge in [-0.1, -0.05) is 0 Å². The van der Waals surface area contributed by atoms with E-state index in [0.29, 0.717) is 5.92 Å². The van der Waals surface area contributed by atoms with Gasteiger partial charge < -0.3 is 4.74 Å². The molecule has 0 aromatic rings. The van der Waals surface area contributed by atoms with E-state index in [2.05, 4.69) is 6.07 Å². The number of rotatable bonds is 1. The molecule has 0 aromatic heterocycles. The topological polar surface area (TPSA) is 33.0 Å². The molecule has 2 heteroatoms. The van der Waals surface area contributed by atoms with Crippen molar-refractivity contribution in [3.05, 3.63) is 5.92 Å². The van der Waals surface area contributed by atoms with Crippen LogP contribution in [0.15, 0.2) is 0 Å². The van der Waals surface area contributed by atoms with Crippen molar-refractivity contribution in [2.45, 2.75) is 19.8 Å². The van der Waals surface area contributed by atoms with Crippen LogP contribution in [0.25, 0.3) is 0 Å². The molecule has 1 radical (unpaired) electrons. The van der Waals surface area contributed by atoms with Gasteiger partial charge in [0.1, 0.15) is 0 Å². The molecule has 55 valence electrons. The highest BCUT2D eigenvalue weighted by Crippen LogP contribution is 2.23. The van der Waals surface area contributed by atoms with Crippen LogP contribution in [0.5, 0.6) is 0 Å². The largest absolute Gasteiger partial charge is 0.381 e. The molecule has 1 aliphatic heterocycles. The van der Waals surface area contributed by atoms with E-state index in [1.807, 2.05) is 6.92 Å². The quantitative estimate of drug-likeness (QED) is 0.550. The average Bonchev–Trinajstić information content (AvgIpc) is 2.05. The Morgan fingerprint density at radius 3 is 2.60 bits per heavy atom. The van der Waals surface area contributed by atoms with Crippen molar-refractivity contribution in [3.8, 4) is 6.07 Å². The van der Waals surface area contributed by atoms with Crippen LogP contribution in [0.1, 0.15) is 19.8 Å². The van der Waals surface area contributed by atoms with E-state index in [1.165, 1.54) is 0 Å². The van der Waals surface area contributed by atoms with Gasteiger partial charge in [-0.05, 0) is 25.7 Å². The number of hydrogen-bond acceptors (Lipinski definition) is 2. The molecule has 0 unspecified atom stereocenters. The fraction of sp³-hybridized carbons (Fsp3) is 0.750. The Balaban J connectivity index is 2.33. The van der Waals surface area contributed by atoms with Gasteiger partial charge in [0.25, 0.3) is 0 Å². The Morgan fingerprint density at radius 1 is 1.50 bits per heavy atom. The third kappa shape index (κ3) is 1.71. The smallest absolute Gasteiger partial charge is 0.0761 e. The predicted molar refractivity (Wildman–Crippen MR) is 38.1 cm³/mol. The molecular weight excluding hydrogens is 126 g/mol. The SMILES string of the molecule is C[C](C#N)C1CCOCC1. The second-order valence-corrected chi connectivity index (χ2v) is 2.68. The fourth-order valence-corrected chi connectivity index (χ4v) is 1.22. The summed E-state index contributed by atoms with van der Waals surface area (Å²) in [7, 11) is 0. The van der Waals surface area contributed by atoms with Crippen LogP contribution in [-0.4, -0.2) is 13.2 Å². The highest BCUT2D eigenvalue weighted by Gasteiger charge is 2.20. The van der Waals surface area contributed by atoms with Gasteiger partial charge in [0.05, 0.1) is 12.0 Å². The third-order valence-electron chi connectivity index (χ3n) is 2.01. The molecule has 2 nitrogen and oxygen atoms in total. The van der Waals surface area contributed by atoms with E-state index in [0.717, 1.165) is 32.0 Å². The highest BCUT2D eigenvalue weighted by molar-refractivity contribution is 5.11. The van der Waals surface area contributed by atoms with Gasteiger partial charge in [-0.25, -0.2) is 0 Å².